The van der Waals surface area contributed by atoms with Crippen LogP contribution in [0, 0.1) is 5.41 Å². The van der Waals surface area contributed by atoms with E-state index in [-0.39, 0.29) is 0 Å². The second kappa shape index (κ2) is 4.31. The minimum Gasteiger partial charge on any atom is -0.340 e. The largest absolute Gasteiger partial charge is 0.340 e. The predicted octanol–water partition coefficient (Wildman–Crippen LogP) is 2.30. The number of hydrogen-bond donors (Lipinski definition) is 0. The van der Waals surface area contributed by atoms with Crippen molar-refractivity contribution in [2.24, 2.45) is 5.41 Å². The van der Waals surface area contributed by atoms with Gasteiger partial charge in [-0.25, -0.2) is 8.78 Å². The summed E-state index contributed by atoms with van der Waals surface area (Å²) in [6.07, 6.45) is -4.89. The zero-order chi connectivity index (χ0) is 17.6. The summed E-state index contributed by atoms with van der Waals surface area (Å²) in [5, 5.41) is -4.02. The Hall–Kier alpha value is -0.0603. The predicted molar refractivity (Wildman–Crippen MR) is 80.5 cm³/mol. The molecule has 0 aliphatic carbocycles. The molecule has 2 saturated heterocycles. The van der Waals surface area contributed by atoms with Crippen molar-refractivity contribution in [2.45, 2.75) is 74.4 Å². The molecular formula is C13H17B4F4O. The maximum absolute atomic E-state index is 15.2. The van der Waals surface area contributed by atoms with Crippen LogP contribution < -0.4 is 0 Å². The maximum Gasteiger partial charge on any atom is 0.224 e. The van der Waals surface area contributed by atoms with Crippen LogP contribution in [0.25, 0.3) is 0 Å². The lowest BCUT2D eigenvalue weighted by atomic mass is 9.40. The van der Waals surface area contributed by atoms with Gasteiger partial charge in [-0.1, -0.05) is 34.6 Å². The summed E-state index contributed by atoms with van der Waals surface area (Å²) in [5.74, 6) is 0. The first-order valence-corrected chi connectivity index (χ1v) is 7.07. The summed E-state index contributed by atoms with van der Waals surface area (Å²) in [5.41, 5.74) is -10.1. The molecule has 0 aromatic carbocycles. The van der Waals surface area contributed by atoms with Crippen LogP contribution in [0.4, 0.5) is 17.6 Å². The minimum atomic E-state index is -3.43. The summed E-state index contributed by atoms with van der Waals surface area (Å²) >= 11 is 0. The highest BCUT2D eigenvalue weighted by molar-refractivity contribution is 6.62. The van der Waals surface area contributed by atoms with Crippen LogP contribution in [0.15, 0.2) is 0 Å². The Balaban J connectivity index is 2.61. The van der Waals surface area contributed by atoms with Gasteiger partial charge in [0, 0.05) is 5.31 Å². The molecule has 2 heterocycles. The molecule has 0 N–H and O–H groups in total. The maximum atomic E-state index is 15.2. The third-order valence-corrected chi connectivity index (χ3v) is 5.18. The van der Waals surface area contributed by atoms with Gasteiger partial charge in [-0.3, -0.25) is 8.78 Å². The van der Waals surface area contributed by atoms with E-state index in [0.717, 1.165) is 7.28 Å². The molecule has 7 radical (unpaired) electrons. The van der Waals surface area contributed by atoms with Crippen molar-refractivity contribution in [3.63, 3.8) is 0 Å². The Morgan fingerprint density at radius 2 is 1.55 bits per heavy atom. The molecule has 2 fully saturated rings. The first-order chi connectivity index (χ1) is 9.47. The van der Waals surface area contributed by atoms with Crippen LogP contribution in [-0.4, -0.2) is 60.0 Å². The van der Waals surface area contributed by atoms with Crippen LogP contribution in [0.1, 0.15) is 34.6 Å². The van der Waals surface area contributed by atoms with Crippen molar-refractivity contribution in [2.75, 3.05) is 0 Å². The van der Waals surface area contributed by atoms with Gasteiger partial charge in [0.1, 0.15) is 21.3 Å². The molecule has 0 bridgehead atoms. The molecule has 0 aromatic heterocycles. The second-order valence-corrected chi connectivity index (χ2v) is 8.07. The Bertz CT molecular complexity index is 493. The molecule has 0 amide bonds. The Kier molecular flexibility index (Phi) is 3.58. The average molecular weight is 309 g/mol. The van der Waals surface area contributed by atoms with Crippen LogP contribution in [0.2, 0.25) is 10.6 Å². The summed E-state index contributed by atoms with van der Waals surface area (Å²) in [6.45, 7) is 7.03. The molecule has 0 spiro atoms. The van der Waals surface area contributed by atoms with Gasteiger partial charge in [0.05, 0.1) is 25.1 Å². The quantitative estimate of drug-likeness (QED) is 0.562. The van der Waals surface area contributed by atoms with Crippen LogP contribution in [0.5, 0.6) is 0 Å². The smallest absolute Gasteiger partial charge is 0.224 e. The summed E-state index contributed by atoms with van der Waals surface area (Å²) in [4.78, 5) is 0. The van der Waals surface area contributed by atoms with Gasteiger partial charge in [0.25, 0.3) is 0 Å². The molecule has 1 nitrogen and oxygen atoms in total. The highest BCUT2D eigenvalue weighted by atomic mass is 19.2. The van der Waals surface area contributed by atoms with Gasteiger partial charge in [-0.05, 0) is 10.7 Å². The average Bonchev–Trinajstić information content (AvgIpc) is 2.76. The molecule has 2 rings (SSSR count). The van der Waals surface area contributed by atoms with Crippen molar-refractivity contribution in [3.05, 3.63) is 0 Å². The molecule has 0 aromatic rings. The van der Waals surface area contributed by atoms with E-state index in [0.29, 0.717) is 0 Å². The molecule has 0 saturated carbocycles. The van der Waals surface area contributed by atoms with Crippen molar-refractivity contribution < 1.29 is 22.3 Å². The van der Waals surface area contributed by atoms with Crippen LogP contribution >= 0.6 is 0 Å². The standard InChI is InChI=1S/C13H17B4F4O/c1-8(2,3)11(15,19)6-10(14,12(16,20)7(18)22-6)13(21)9(4,5)17-13/h6-7H,1-5H3. The molecule has 22 heavy (non-hydrogen) atoms. The molecule has 6 atom stereocenters. The fraction of sp³-hybridized carbons (Fsp3) is 1.00. The van der Waals surface area contributed by atoms with Gasteiger partial charge < -0.3 is 4.74 Å². The van der Waals surface area contributed by atoms with E-state index < -0.39 is 45.2 Å². The minimum absolute atomic E-state index is 1.06. The van der Waals surface area contributed by atoms with Gasteiger partial charge in [0.15, 0.2) is 7.28 Å². The topological polar surface area (TPSA) is 9.23 Å². The van der Waals surface area contributed by atoms with Gasteiger partial charge in [-0.2, -0.15) is 0 Å². The van der Waals surface area contributed by atoms with Gasteiger partial charge >= 0.3 is 0 Å². The molecular weight excluding hydrogens is 291 g/mol. The fourth-order valence-corrected chi connectivity index (χ4v) is 3.12. The molecule has 2 aliphatic heterocycles. The van der Waals surface area contributed by atoms with Crippen LogP contribution in [-0.2, 0) is 4.74 Å². The monoisotopic (exact) mass is 309 g/mol. The zero-order valence-corrected chi connectivity index (χ0v) is 13.4. The Labute approximate surface area is 133 Å². The lowest BCUT2D eigenvalue weighted by molar-refractivity contribution is -0.117. The first kappa shape index (κ1) is 18.3. The summed E-state index contributed by atoms with van der Waals surface area (Å²) in [6, 6.07) is 0. The van der Waals surface area contributed by atoms with Crippen molar-refractivity contribution >= 4 is 30.8 Å². The Morgan fingerprint density at radius 1 is 1.14 bits per heavy atom. The second-order valence-electron chi connectivity index (χ2n) is 8.07. The molecule has 6 unspecified atom stereocenters. The fourth-order valence-electron chi connectivity index (χ4n) is 3.12. The van der Waals surface area contributed by atoms with E-state index in [1.54, 1.807) is 0 Å². The third kappa shape index (κ3) is 1.86. The summed E-state index contributed by atoms with van der Waals surface area (Å²) < 4.78 is 63.8. The lowest BCUT2D eigenvalue weighted by Gasteiger charge is -2.51. The molecule has 9 heteroatoms. The number of rotatable bonds is 2. The highest BCUT2D eigenvalue weighted by Gasteiger charge is 2.83. The van der Waals surface area contributed by atoms with Crippen molar-refractivity contribution in [3.8, 4) is 0 Å². The van der Waals surface area contributed by atoms with E-state index >= 15 is 8.78 Å². The van der Waals surface area contributed by atoms with Gasteiger partial charge in [-0.15, -0.1) is 0 Å². The van der Waals surface area contributed by atoms with E-state index in [4.69, 9.17) is 28.3 Å². The van der Waals surface area contributed by atoms with E-state index in [2.05, 4.69) is 0 Å². The molecule has 2 aliphatic rings. The van der Waals surface area contributed by atoms with Crippen molar-refractivity contribution in [1.29, 1.82) is 0 Å². The number of hydrogen-bond acceptors (Lipinski definition) is 1. The lowest BCUT2D eigenvalue weighted by Crippen LogP contribution is -2.61. The third-order valence-electron chi connectivity index (χ3n) is 5.18. The van der Waals surface area contributed by atoms with E-state index in [1.165, 1.54) is 34.6 Å². The first-order valence-electron chi connectivity index (χ1n) is 7.07. The number of ether oxygens (including phenoxy) is 1. The van der Waals surface area contributed by atoms with Crippen molar-refractivity contribution in [1.82, 2.24) is 0 Å². The van der Waals surface area contributed by atoms with Crippen LogP contribution in [0.3, 0.4) is 0 Å². The molecule has 115 valence electrons. The zero-order valence-electron chi connectivity index (χ0n) is 13.4. The number of alkyl halides is 4. The highest BCUT2D eigenvalue weighted by Crippen LogP contribution is 2.76. The van der Waals surface area contributed by atoms with E-state index in [1.807, 2.05) is 0 Å². The summed E-state index contributed by atoms with van der Waals surface area (Å²) in [7, 11) is 17.9. The van der Waals surface area contributed by atoms with E-state index in [9.17, 15) is 8.78 Å². The van der Waals surface area contributed by atoms with Gasteiger partial charge in [0.2, 0.25) is 6.36 Å². The normalized spacial score (nSPS) is 50.2. The number of halogens is 4. The Morgan fingerprint density at radius 3 is 1.86 bits per heavy atom. The SMILES string of the molecule is [B]C(F)(C1OC(F)C([B])(F)C1([B])C1(F)[B]C1(C)C)C(C)(C)C.